The minimum Gasteiger partial charge on any atom is -0.484 e. The van der Waals surface area contributed by atoms with Crippen molar-refractivity contribution in [3.05, 3.63) is 100 Å². The summed E-state index contributed by atoms with van der Waals surface area (Å²) in [6, 6.07) is 22.1. The van der Waals surface area contributed by atoms with Crippen LogP contribution in [-0.4, -0.2) is 35.9 Å². The molecule has 3 rings (SSSR count). The number of carbonyl (C=O) groups is 2. The van der Waals surface area contributed by atoms with Crippen LogP contribution in [0.1, 0.15) is 35.6 Å². The lowest BCUT2D eigenvalue weighted by atomic mass is 10.0. The molecule has 184 valence electrons. The summed E-state index contributed by atoms with van der Waals surface area (Å²) in [7, 11) is 0. The maximum Gasteiger partial charge on any atom is 0.261 e. The molecule has 0 saturated heterocycles. The summed E-state index contributed by atoms with van der Waals surface area (Å²) in [6.07, 6.45) is 1.20. The predicted molar refractivity (Wildman–Crippen MR) is 141 cm³/mol. The van der Waals surface area contributed by atoms with E-state index in [1.165, 1.54) is 0 Å². The van der Waals surface area contributed by atoms with Crippen LogP contribution < -0.4 is 10.1 Å². The summed E-state index contributed by atoms with van der Waals surface area (Å²) in [6.45, 7) is 6.65. The Balaban J connectivity index is 1.89. The van der Waals surface area contributed by atoms with Gasteiger partial charge in [-0.3, -0.25) is 9.59 Å². The Morgan fingerprint density at radius 3 is 2.37 bits per heavy atom. The Kier molecular flexibility index (Phi) is 9.74. The van der Waals surface area contributed by atoms with Crippen molar-refractivity contribution in [1.82, 2.24) is 10.2 Å². The van der Waals surface area contributed by atoms with E-state index in [9.17, 15) is 9.59 Å². The number of ether oxygens (including phenoxy) is 1. The molecule has 0 saturated carbocycles. The Bertz CT molecular complexity index is 1130. The van der Waals surface area contributed by atoms with E-state index in [2.05, 4.69) is 5.32 Å². The Morgan fingerprint density at radius 2 is 1.69 bits per heavy atom. The second kappa shape index (κ2) is 13.0. The molecule has 1 unspecified atom stereocenters. The van der Waals surface area contributed by atoms with Gasteiger partial charge in [0.25, 0.3) is 5.91 Å². The average Bonchev–Trinajstić information content (AvgIpc) is 2.86. The zero-order chi connectivity index (χ0) is 25.2. The van der Waals surface area contributed by atoms with Gasteiger partial charge in [0.15, 0.2) is 6.61 Å². The first kappa shape index (κ1) is 26.3. The molecule has 0 radical (unpaired) electrons. The number of nitrogens with zero attached hydrogens (tertiary/aromatic N) is 1. The molecule has 2 amide bonds. The molecule has 0 bridgehead atoms. The fourth-order valence-electron chi connectivity index (χ4n) is 3.78. The minimum absolute atomic E-state index is 0.171. The van der Waals surface area contributed by atoms with Gasteiger partial charge in [0.2, 0.25) is 5.91 Å². The summed E-state index contributed by atoms with van der Waals surface area (Å²) in [5, 5.41) is 3.55. The van der Waals surface area contributed by atoms with Crippen molar-refractivity contribution in [3.8, 4) is 5.75 Å². The number of aryl methyl sites for hydroxylation is 2. The zero-order valence-corrected chi connectivity index (χ0v) is 21.3. The third kappa shape index (κ3) is 7.86. The molecule has 1 N–H and O–H groups in total. The molecular formula is C29H33ClN2O3. The molecule has 0 spiro atoms. The van der Waals surface area contributed by atoms with E-state index in [4.69, 9.17) is 16.3 Å². The van der Waals surface area contributed by atoms with Crippen LogP contribution in [0.5, 0.6) is 5.75 Å². The van der Waals surface area contributed by atoms with Gasteiger partial charge in [-0.2, -0.15) is 0 Å². The summed E-state index contributed by atoms with van der Waals surface area (Å²) in [5.41, 5.74) is 4.06. The Labute approximate surface area is 213 Å². The maximum atomic E-state index is 13.6. The third-order valence-corrected chi connectivity index (χ3v) is 6.14. The molecule has 0 heterocycles. The van der Waals surface area contributed by atoms with Crippen molar-refractivity contribution < 1.29 is 14.3 Å². The average molecular weight is 493 g/mol. The van der Waals surface area contributed by atoms with Crippen LogP contribution in [0.4, 0.5) is 0 Å². The van der Waals surface area contributed by atoms with Gasteiger partial charge >= 0.3 is 0 Å². The number of benzene rings is 3. The lowest BCUT2D eigenvalue weighted by Gasteiger charge is -2.31. The molecule has 5 nitrogen and oxygen atoms in total. The fraction of sp³-hybridized carbons (Fsp3) is 0.310. The number of amides is 2. The first-order valence-electron chi connectivity index (χ1n) is 11.9. The first-order chi connectivity index (χ1) is 16.9. The van der Waals surface area contributed by atoms with Crippen molar-refractivity contribution in [2.75, 3.05) is 13.2 Å². The molecule has 1 atom stereocenters. The number of rotatable bonds is 11. The molecule has 0 aliphatic carbocycles. The minimum atomic E-state index is -0.696. The molecule has 3 aromatic rings. The Hall–Kier alpha value is -3.31. The second-order valence-electron chi connectivity index (χ2n) is 8.68. The van der Waals surface area contributed by atoms with Crippen molar-refractivity contribution in [1.29, 1.82) is 0 Å². The van der Waals surface area contributed by atoms with Gasteiger partial charge < -0.3 is 15.0 Å². The number of nitrogens with one attached hydrogen (secondary N) is 1. The van der Waals surface area contributed by atoms with Crippen molar-refractivity contribution in [2.45, 2.75) is 46.2 Å². The van der Waals surface area contributed by atoms with Crippen LogP contribution in [0.3, 0.4) is 0 Å². The smallest absolute Gasteiger partial charge is 0.261 e. The van der Waals surface area contributed by atoms with Crippen LogP contribution in [0, 0.1) is 13.8 Å². The van der Waals surface area contributed by atoms with E-state index in [0.717, 1.165) is 28.7 Å². The van der Waals surface area contributed by atoms with Gasteiger partial charge in [0, 0.05) is 24.5 Å². The second-order valence-corrected chi connectivity index (χ2v) is 9.12. The van der Waals surface area contributed by atoms with Crippen molar-refractivity contribution >= 4 is 23.4 Å². The number of hydrogen-bond acceptors (Lipinski definition) is 3. The lowest BCUT2D eigenvalue weighted by molar-refractivity contribution is -0.142. The number of carbonyl (C=O) groups excluding carboxylic acids is 2. The number of hydrogen-bond donors (Lipinski definition) is 1. The van der Waals surface area contributed by atoms with Crippen LogP contribution in [-0.2, 0) is 22.6 Å². The van der Waals surface area contributed by atoms with E-state index in [1.807, 2.05) is 87.5 Å². The van der Waals surface area contributed by atoms with Crippen molar-refractivity contribution in [3.63, 3.8) is 0 Å². The van der Waals surface area contributed by atoms with Crippen LogP contribution in [0.25, 0.3) is 0 Å². The maximum absolute atomic E-state index is 13.6. The van der Waals surface area contributed by atoms with E-state index in [1.54, 1.807) is 11.0 Å². The van der Waals surface area contributed by atoms with Gasteiger partial charge in [0.1, 0.15) is 11.8 Å². The number of halogens is 1. The largest absolute Gasteiger partial charge is 0.484 e. The van der Waals surface area contributed by atoms with E-state index < -0.39 is 6.04 Å². The topological polar surface area (TPSA) is 58.6 Å². The standard InChI is InChI=1S/C29H33ClN2O3/c1-4-15-31-29(34)27(18-23-9-6-5-7-10-23)32(19-24-11-8-12-25(30)17-24)28(33)20-35-26-14-13-21(2)22(3)16-26/h5-14,16-17,27H,4,15,18-20H2,1-3H3,(H,31,34). The molecule has 3 aromatic carbocycles. The van der Waals surface area contributed by atoms with E-state index >= 15 is 0 Å². The highest BCUT2D eigenvalue weighted by molar-refractivity contribution is 6.30. The molecular weight excluding hydrogens is 460 g/mol. The van der Waals surface area contributed by atoms with Gasteiger partial charge in [-0.25, -0.2) is 0 Å². The molecule has 6 heteroatoms. The third-order valence-electron chi connectivity index (χ3n) is 5.90. The normalized spacial score (nSPS) is 11.5. The van der Waals surface area contributed by atoms with Crippen LogP contribution in [0.15, 0.2) is 72.8 Å². The highest BCUT2D eigenvalue weighted by atomic mass is 35.5. The molecule has 0 fully saturated rings. The molecule has 0 aromatic heterocycles. The summed E-state index contributed by atoms with van der Waals surface area (Å²) < 4.78 is 5.86. The van der Waals surface area contributed by atoms with E-state index in [0.29, 0.717) is 23.7 Å². The quantitative estimate of drug-likeness (QED) is 0.384. The SMILES string of the molecule is CCCNC(=O)C(Cc1ccccc1)N(Cc1cccc(Cl)c1)C(=O)COc1ccc(C)c(C)c1. The van der Waals surface area contributed by atoms with Crippen LogP contribution >= 0.6 is 11.6 Å². The van der Waals surface area contributed by atoms with E-state index in [-0.39, 0.29) is 25.0 Å². The highest BCUT2D eigenvalue weighted by Crippen LogP contribution is 2.19. The van der Waals surface area contributed by atoms with Crippen molar-refractivity contribution in [2.24, 2.45) is 0 Å². The van der Waals surface area contributed by atoms with Gasteiger partial charge in [0.05, 0.1) is 0 Å². The van der Waals surface area contributed by atoms with Crippen LogP contribution in [0.2, 0.25) is 5.02 Å². The Morgan fingerprint density at radius 1 is 0.943 bits per heavy atom. The van der Waals surface area contributed by atoms with Gasteiger partial charge in [-0.1, -0.05) is 67.1 Å². The summed E-state index contributed by atoms with van der Waals surface area (Å²) >= 11 is 6.21. The molecule has 35 heavy (non-hydrogen) atoms. The highest BCUT2D eigenvalue weighted by Gasteiger charge is 2.30. The first-order valence-corrected chi connectivity index (χ1v) is 12.3. The van der Waals surface area contributed by atoms with Gasteiger partial charge in [-0.15, -0.1) is 0 Å². The fourth-order valence-corrected chi connectivity index (χ4v) is 4.00. The predicted octanol–water partition coefficient (Wildman–Crippen LogP) is 5.50. The molecule has 0 aliphatic rings. The summed E-state index contributed by atoms with van der Waals surface area (Å²) in [4.78, 5) is 28.5. The summed E-state index contributed by atoms with van der Waals surface area (Å²) in [5.74, 6) is 0.173. The molecule has 0 aliphatic heterocycles. The van der Waals surface area contributed by atoms with Gasteiger partial charge in [-0.05, 0) is 66.8 Å². The zero-order valence-electron chi connectivity index (χ0n) is 20.6. The lowest BCUT2D eigenvalue weighted by Crippen LogP contribution is -2.51. The monoisotopic (exact) mass is 492 g/mol.